The average molecular weight is 494 g/mol. The second-order valence-electron chi connectivity index (χ2n) is 8.74. The number of nitrogens with one attached hydrogen (secondary N) is 2. The van der Waals surface area contributed by atoms with Crippen LogP contribution in [0.25, 0.3) is 0 Å². The summed E-state index contributed by atoms with van der Waals surface area (Å²) in [6.07, 6.45) is 0.736. The molecule has 0 saturated carbocycles. The molecule has 0 spiro atoms. The smallest absolute Gasteiger partial charge is 0.237 e. The van der Waals surface area contributed by atoms with E-state index >= 15 is 0 Å². The molecule has 7 heteroatoms. The van der Waals surface area contributed by atoms with Gasteiger partial charge in [0.2, 0.25) is 5.91 Å². The zero-order valence-electron chi connectivity index (χ0n) is 20.0. The highest BCUT2D eigenvalue weighted by molar-refractivity contribution is 6.30. The molecule has 2 N–H and O–H groups in total. The van der Waals surface area contributed by atoms with Crippen molar-refractivity contribution < 1.29 is 14.3 Å². The van der Waals surface area contributed by atoms with Gasteiger partial charge in [0.25, 0.3) is 0 Å². The third-order valence-electron chi connectivity index (χ3n) is 6.06. The van der Waals surface area contributed by atoms with E-state index in [9.17, 15) is 4.79 Å². The van der Waals surface area contributed by atoms with Gasteiger partial charge in [-0.1, -0.05) is 54.1 Å². The van der Waals surface area contributed by atoms with E-state index in [2.05, 4.69) is 21.6 Å². The molecule has 1 aliphatic heterocycles. The summed E-state index contributed by atoms with van der Waals surface area (Å²) in [7, 11) is 1.63. The van der Waals surface area contributed by atoms with Gasteiger partial charge in [-0.25, -0.2) is 0 Å². The molecule has 0 unspecified atom stereocenters. The third kappa shape index (κ3) is 7.54. The lowest BCUT2D eigenvalue weighted by Gasteiger charge is -2.23. The topological polar surface area (TPSA) is 62.8 Å². The highest BCUT2D eigenvalue weighted by atomic mass is 35.5. The summed E-state index contributed by atoms with van der Waals surface area (Å²) in [6, 6.07) is 25.6. The molecule has 0 aliphatic carbocycles. The first-order chi connectivity index (χ1) is 17.1. The second-order valence-corrected chi connectivity index (χ2v) is 9.17. The van der Waals surface area contributed by atoms with Crippen molar-refractivity contribution in [3.63, 3.8) is 0 Å². The number of carbonyl (C=O) groups is 1. The van der Waals surface area contributed by atoms with Crippen LogP contribution in [0.5, 0.6) is 11.5 Å². The molecule has 2 atom stereocenters. The van der Waals surface area contributed by atoms with Crippen LogP contribution in [0.2, 0.25) is 5.02 Å². The van der Waals surface area contributed by atoms with Crippen LogP contribution in [0.4, 0.5) is 0 Å². The molecule has 1 heterocycles. The van der Waals surface area contributed by atoms with Crippen molar-refractivity contribution in [2.24, 2.45) is 0 Å². The fraction of sp³-hybridized carbons (Fsp3) is 0.321. The summed E-state index contributed by atoms with van der Waals surface area (Å²) in [5.41, 5.74) is 2.23. The quantitative estimate of drug-likeness (QED) is 0.381. The number of carbonyl (C=O) groups excluding carboxylic acids is 1. The van der Waals surface area contributed by atoms with Crippen LogP contribution in [0, 0.1) is 0 Å². The van der Waals surface area contributed by atoms with E-state index in [1.807, 2.05) is 72.8 Å². The summed E-state index contributed by atoms with van der Waals surface area (Å²) in [5.74, 6) is 1.65. The predicted octanol–water partition coefficient (Wildman–Crippen LogP) is 4.63. The average Bonchev–Trinajstić information content (AvgIpc) is 3.26. The first kappa shape index (κ1) is 25.2. The van der Waals surface area contributed by atoms with E-state index in [0.29, 0.717) is 31.3 Å². The third-order valence-corrected chi connectivity index (χ3v) is 6.29. The molecule has 1 fully saturated rings. The predicted molar refractivity (Wildman–Crippen MR) is 139 cm³/mol. The number of rotatable bonds is 11. The molecule has 0 aromatic heterocycles. The van der Waals surface area contributed by atoms with E-state index in [1.165, 1.54) is 0 Å². The van der Waals surface area contributed by atoms with Crippen LogP contribution in [0.15, 0.2) is 78.9 Å². The number of likely N-dealkylation sites (tertiary alicyclic amines) is 1. The Labute approximate surface area is 212 Å². The molecule has 6 nitrogen and oxygen atoms in total. The molecule has 184 valence electrons. The maximum Gasteiger partial charge on any atom is 0.237 e. The number of hydrogen-bond donors (Lipinski definition) is 2. The van der Waals surface area contributed by atoms with Gasteiger partial charge in [-0.15, -0.1) is 0 Å². The summed E-state index contributed by atoms with van der Waals surface area (Å²) in [4.78, 5) is 15.2. The van der Waals surface area contributed by atoms with Gasteiger partial charge in [0, 0.05) is 44.4 Å². The van der Waals surface area contributed by atoms with E-state index in [-0.39, 0.29) is 18.0 Å². The van der Waals surface area contributed by atoms with Crippen molar-refractivity contribution >= 4 is 17.5 Å². The van der Waals surface area contributed by atoms with Crippen LogP contribution >= 0.6 is 11.6 Å². The Morgan fingerprint density at radius 2 is 1.77 bits per heavy atom. The van der Waals surface area contributed by atoms with Crippen molar-refractivity contribution in [3.8, 4) is 11.5 Å². The lowest BCUT2D eigenvalue weighted by molar-refractivity contribution is -0.125. The monoisotopic (exact) mass is 493 g/mol. The number of nitrogens with zero attached hydrogens (tertiary/aromatic N) is 1. The van der Waals surface area contributed by atoms with Gasteiger partial charge in [0.15, 0.2) is 0 Å². The van der Waals surface area contributed by atoms with Crippen molar-refractivity contribution in [2.75, 3.05) is 26.8 Å². The summed E-state index contributed by atoms with van der Waals surface area (Å²) in [5, 5.41) is 7.35. The number of amides is 1. The molecule has 4 rings (SSSR count). The highest BCUT2D eigenvalue weighted by Crippen LogP contribution is 2.24. The van der Waals surface area contributed by atoms with Crippen LogP contribution in [0.1, 0.15) is 17.5 Å². The first-order valence-electron chi connectivity index (χ1n) is 11.9. The summed E-state index contributed by atoms with van der Waals surface area (Å²) < 4.78 is 11.0. The normalized spacial score (nSPS) is 17.9. The van der Waals surface area contributed by atoms with Crippen molar-refractivity contribution in [1.82, 2.24) is 15.5 Å². The van der Waals surface area contributed by atoms with Gasteiger partial charge in [0.1, 0.15) is 11.5 Å². The minimum absolute atomic E-state index is 0.0339. The minimum atomic E-state index is -0.212. The molecule has 3 aromatic carbocycles. The number of methoxy groups -OCH3 is 1. The first-order valence-corrected chi connectivity index (χ1v) is 12.3. The van der Waals surface area contributed by atoms with E-state index in [1.54, 1.807) is 7.11 Å². The number of halogens is 1. The van der Waals surface area contributed by atoms with E-state index < -0.39 is 0 Å². The minimum Gasteiger partial charge on any atom is -0.457 e. The summed E-state index contributed by atoms with van der Waals surface area (Å²) in [6.45, 7) is 3.13. The lowest BCUT2D eigenvalue weighted by Crippen LogP contribution is -2.43. The van der Waals surface area contributed by atoms with Crippen molar-refractivity contribution in [3.05, 3.63) is 95.0 Å². The largest absolute Gasteiger partial charge is 0.457 e. The number of para-hydroxylation sites is 1. The molecule has 0 radical (unpaired) electrons. The Hall–Kier alpha value is -2.90. The standard InChI is InChI=1S/C28H32ClN3O3/c1-34-14-13-30-28(33)27-17-24(20-32(27)19-22-8-5-9-23(29)15-22)31-18-21-7-6-12-26(16-21)35-25-10-3-2-4-11-25/h2-12,15-16,24,27,31H,13-14,17-20H2,1H3,(H,30,33)/t24-,27-/m0/s1. The Morgan fingerprint density at radius 1 is 1.00 bits per heavy atom. The van der Waals surface area contributed by atoms with Gasteiger partial charge < -0.3 is 20.1 Å². The lowest BCUT2D eigenvalue weighted by atomic mass is 10.1. The van der Waals surface area contributed by atoms with Crippen molar-refractivity contribution in [2.45, 2.75) is 31.6 Å². The molecular weight excluding hydrogens is 462 g/mol. The highest BCUT2D eigenvalue weighted by Gasteiger charge is 2.36. The van der Waals surface area contributed by atoms with Crippen LogP contribution in [-0.2, 0) is 22.6 Å². The molecule has 3 aromatic rings. The number of hydrogen-bond acceptors (Lipinski definition) is 5. The number of ether oxygens (including phenoxy) is 2. The molecule has 0 bridgehead atoms. The fourth-order valence-electron chi connectivity index (χ4n) is 4.37. The van der Waals surface area contributed by atoms with Crippen LogP contribution < -0.4 is 15.4 Å². The van der Waals surface area contributed by atoms with Gasteiger partial charge in [-0.2, -0.15) is 0 Å². The van der Waals surface area contributed by atoms with Crippen molar-refractivity contribution in [1.29, 1.82) is 0 Å². The Kier molecular flexibility index (Phi) is 9.15. The van der Waals surface area contributed by atoms with Gasteiger partial charge in [0.05, 0.1) is 12.6 Å². The Morgan fingerprint density at radius 3 is 2.57 bits per heavy atom. The zero-order chi connectivity index (χ0) is 24.5. The Bertz CT molecular complexity index is 1100. The molecule has 35 heavy (non-hydrogen) atoms. The fourth-order valence-corrected chi connectivity index (χ4v) is 4.58. The van der Waals surface area contributed by atoms with Crippen LogP contribution in [0.3, 0.4) is 0 Å². The summed E-state index contributed by atoms with van der Waals surface area (Å²) >= 11 is 6.19. The zero-order valence-corrected chi connectivity index (χ0v) is 20.7. The molecular formula is C28H32ClN3O3. The van der Waals surface area contributed by atoms with Crippen LogP contribution in [-0.4, -0.2) is 49.7 Å². The SMILES string of the molecule is COCCNC(=O)[C@@H]1C[C@H](NCc2cccc(Oc3ccccc3)c2)CN1Cc1cccc(Cl)c1. The molecule has 1 aliphatic rings. The maximum atomic E-state index is 12.9. The van der Waals surface area contributed by atoms with Gasteiger partial charge in [-0.05, 0) is 53.9 Å². The molecule has 1 saturated heterocycles. The van der Waals surface area contributed by atoms with Gasteiger partial charge >= 0.3 is 0 Å². The van der Waals surface area contributed by atoms with E-state index in [4.69, 9.17) is 21.1 Å². The van der Waals surface area contributed by atoms with Gasteiger partial charge in [-0.3, -0.25) is 9.69 Å². The second kappa shape index (κ2) is 12.7. The number of benzene rings is 3. The molecule has 1 amide bonds. The maximum absolute atomic E-state index is 12.9. The van der Waals surface area contributed by atoms with E-state index in [0.717, 1.165) is 35.6 Å². The Balaban J connectivity index is 1.38.